The van der Waals surface area contributed by atoms with Gasteiger partial charge in [0, 0.05) is 23.7 Å². The Labute approximate surface area is 103 Å². The Bertz CT molecular complexity index is 346. The van der Waals surface area contributed by atoms with Crippen molar-refractivity contribution < 1.29 is 0 Å². The van der Waals surface area contributed by atoms with Crippen LogP contribution in [-0.4, -0.2) is 20.1 Å². The van der Waals surface area contributed by atoms with Crippen molar-refractivity contribution in [1.29, 1.82) is 0 Å². The third-order valence-corrected chi connectivity index (χ3v) is 3.79. The highest BCUT2D eigenvalue weighted by Gasteiger charge is 2.13. The lowest BCUT2D eigenvalue weighted by molar-refractivity contribution is 0.576. The molecule has 1 aromatic rings. The van der Waals surface area contributed by atoms with Crippen molar-refractivity contribution in [1.82, 2.24) is 4.72 Å². The molecule has 1 heterocycles. The Balaban J connectivity index is 2.19. The molecule has 1 aliphatic rings. The van der Waals surface area contributed by atoms with E-state index in [4.69, 9.17) is 0 Å². The fourth-order valence-corrected chi connectivity index (χ4v) is 2.79. The third kappa shape index (κ3) is 2.71. The van der Waals surface area contributed by atoms with E-state index < -0.39 is 0 Å². The quantitative estimate of drug-likeness (QED) is 0.811. The summed E-state index contributed by atoms with van der Waals surface area (Å²) in [4.78, 5) is 3.83. The van der Waals surface area contributed by atoms with Crippen LogP contribution in [0.2, 0.25) is 0 Å². The highest BCUT2D eigenvalue weighted by Crippen LogP contribution is 2.28. The summed E-state index contributed by atoms with van der Waals surface area (Å²) in [5, 5.41) is 0. The lowest BCUT2D eigenvalue weighted by Crippen LogP contribution is -2.29. The van der Waals surface area contributed by atoms with Crippen LogP contribution < -0.4 is 9.62 Å². The molecule has 1 aliphatic heterocycles. The topological polar surface area (TPSA) is 15.3 Å². The molecule has 0 bridgehead atoms. The van der Waals surface area contributed by atoms with Crippen LogP contribution in [0.25, 0.3) is 0 Å². The van der Waals surface area contributed by atoms with Gasteiger partial charge in [-0.1, -0.05) is 6.07 Å². The molecule has 2 rings (SSSR count). The zero-order chi connectivity index (χ0) is 11.4. The molecule has 0 aliphatic carbocycles. The number of benzene rings is 1. The molecule has 1 fully saturated rings. The van der Waals surface area contributed by atoms with Gasteiger partial charge in [-0.2, -0.15) is 0 Å². The van der Waals surface area contributed by atoms with Gasteiger partial charge in [0.05, 0.1) is 0 Å². The van der Waals surface area contributed by atoms with Gasteiger partial charge in [-0.25, -0.2) is 0 Å². The second-order valence-corrected chi connectivity index (χ2v) is 5.39. The van der Waals surface area contributed by atoms with Gasteiger partial charge in [-0.05, 0) is 62.9 Å². The van der Waals surface area contributed by atoms with Crippen molar-refractivity contribution in [3.63, 3.8) is 0 Å². The van der Waals surface area contributed by atoms with Gasteiger partial charge >= 0.3 is 0 Å². The molecule has 16 heavy (non-hydrogen) atoms. The Kier molecular flexibility index (Phi) is 4.13. The average molecular weight is 236 g/mol. The van der Waals surface area contributed by atoms with Crippen LogP contribution in [-0.2, 0) is 0 Å². The van der Waals surface area contributed by atoms with Gasteiger partial charge in [0.15, 0.2) is 0 Å². The van der Waals surface area contributed by atoms with Gasteiger partial charge < -0.3 is 4.90 Å². The van der Waals surface area contributed by atoms with Crippen LogP contribution in [0.3, 0.4) is 0 Å². The zero-order valence-corrected chi connectivity index (χ0v) is 10.9. The minimum absolute atomic E-state index is 1.22. The van der Waals surface area contributed by atoms with Crippen molar-refractivity contribution in [2.75, 3.05) is 25.0 Å². The van der Waals surface area contributed by atoms with Gasteiger partial charge in [0.1, 0.15) is 0 Å². The molecule has 1 aromatic carbocycles. The van der Waals surface area contributed by atoms with Gasteiger partial charge in [-0.15, -0.1) is 0 Å². The summed E-state index contributed by atoms with van der Waals surface area (Å²) >= 11 is 1.69. The number of nitrogens with zero attached hydrogens (tertiary/aromatic N) is 1. The van der Waals surface area contributed by atoms with Gasteiger partial charge in [0.2, 0.25) is 0 Å². The zero-order valence-electron chi connectivity index (χ0n) is 10.1. The van der Waals surface area contributed by atoms with Crippen LogP contribution in [0.1, 0.15) is 24.8 Å². The third-order valence-electron chi connectivity index (χ3n) is 3.10. The predicted octanol–water partition coefficient (Wildman–Crippen LogP) is 3.21. The summed E-state index contributed by atoms with van der Waals surface area (Å²) in [6.45, 7) is 4.64. The van der Waals surface area contributed by atoms with Gasteiger partial charge in [-0.3, -0.25) is 4.72 Å². The maximum atomic E-state index is 3.13. The minimum atomic E-state index is 1.22. The lowest BCUT2D eigenvalue weighted by atomic mass is 10.1. The maximum Gasteiger partial charge on any atom is 0.0407 e. The van der Waals surface area contributed by atoms with Crippen LogP contribution in [0.15, 0.2) is 23.1 Å². The lowest BCUT2D eigenvalue weighted by Gasteiger charge is -2.30. The second kappa shape index (κ2) is 5.60. The van der Waals surface area contributed by atoms with E-state index in [9.17, 15) is 0 Å². The number of hydrogen-bond donors (Lipinski definition) is 1. The molecular weight excluding hydrogens is 216 g/mol. The summed E-state index contributed by atoms with van der Waals surface area (Å²) in [7, 11) is 1.96. The summed E-state index contributed by atoms with van der Waals surface area (Å²) in [6.07, 6.45) is 4.06. The van der Waals surface area contributed by atoms with E-state index in [1.807, 2.05) is 7.05 Å². The fourth-order valence-electron chi connectivity index (χ4n) is 2.25. The van der Waals surface area contributed by atoms with E-state index in [0.29, 0.717) is 0 Å². The summed E-state index contributed by atoms with van der Waals surface area (Å²) in [5.41, 5.74) is 2.81. The highest BCUT2D eigenvalue weighted by molar-refractivity contribution is 7.97. The van der Waals surface area contributed by atoms with Crippen LogP contribution >= 0.6 is 11.9 Å². The first-order valence-electron chi connectivity index (χ1n) is 6.00. The van der Waals surface area contributed by atoms with Crippen LogP contribution in [0.4, 0.5) is 5.69 Å². The number of piperidine rings is 1. The molecule has 2 nitrogen and oxygen atoms in total. The Morgan fingerprint density at radius 1 is 1.19 bits per heavy atom. The van der Waals surface area contributed by atoms with E-state index in [1.54, 1.807) is 11.9 Å². The number of aryl methyl sites for hydroxylation is 1. The SMILES string of the molecule is CNSc1ccc(C)c(N2CCCCC2)c1. The van der Waals surface area contributed by atoms with E-state index in [-0.39, 0.29) is 0 Å². The van der Waals surface area contributed by atoms with Crippen molar-refractivity contribution in [2.24, 2.45) is 0 Å². The average Bonchev–Trinajstić information content (AvgIpc) is 2.33. The maximum absolute atomic E-state index is 3.13. The molecule has 0 aromatic heterocycles. The van der Waals surface area contributed by atoms with Crippen LogP contribution in [0.5, 0.6) is 0 Å². The van der Waals surface area contributed by atoms with Crippen molar-refractivity contribution in [2.45, 2.75) is 31.1 Å². The molecule has 0 saturated carbocycles. The summed E-state index contributed by atoms with van der Waals surface area (Å²) < 4.78 is 3.13. The molecule has 0 amide bonds. The number of nitrogens with one attached hydrogen (secondary N) is 1. The molecule has 0 unspecified atom stereocenters. The second-order valence-electron chi connectivity index (χ2n) is 4.30. The molecule has 0 radical (unpaired) electrons. The van der Waals surface area contributed by atoms with Crippen molar-refractivity contribution in [3.8, 4) is 0 Å². The Morgan fingerprint density at radius 2 is 1.94 bits per heavy atom. The minimum Gasteiger partial charge on any atom is -0.371 e. The molecule has 1 saturated heterocycles. The smallest absolute Gasteiger partial charge is 0.0407 e. The molecule has 1 N–H and O–H groups in total. The van der Waals surface area contributed by atoms with Crippen molar-refractivity contribution in [3.05, 3.63) is 23.8 Å². The summed E-state index contributed by atoms with van der Waals surface area (Å²) in [5.74, 6) is 0. The standard InChI is InChI=1S/C13H20N2S/c1-11-6-7-12(16-14-2)10-13(11)15-8-4-3-5-9-15/h6-7,10,14H,3-5,8-9H2,1-2H3. The first kappa shape index (κ1) is 11.8. The number of rotatable bonds is 3. The van der Waals surface area contributed by atoms with Crippen molar-refractivity contribution >= 4 is 17.6 Å². The van der Waals surface area contributed by atoms with E-state index in [1.165, 1.54) is 48.5 Å². The summed E-state index contributed by atoms with van der Waals surface area (Å²) in [6, 6.07) is 6.72. The molecule has 3 heteroatoms. The first-order chi connectivity index (χ1) is 7.81. The van der Waals surface area contributed by atoms with E-state index in [2.05, 4.69) is 34.7 Å². The van der Waals surface area contributed by atoms with E-state index >= 15 is 0 Å². The highest BCUT2D eigenvalue weighted by atomic mass is 32.2. The largest absolute Gasteiger partial charge is 0.371 e. The number of anilines is 1. The fraction of sp³-hybridized carbons (Fsp3) is 0.538. The molecule has 0 spiro atoms. The normalized spacial score (nSPS) is 16.5. The number of hydrogen-bond acceptors (Lipinski definition) is 3. The van der Waals surface area contributed by atoms with Crippen LogP contribution in [0, 0.1) is 6.92 Å². The van der Waals surface area contributed by atoms with Gasteiger partial charge in [0.25, 0.3) is 0 Å². The molecular formula is C13H20N2S. The van der Waals surface area contributed by atoms with E-state index in [0.717, 1.165) is 0 Å². The molecule has 0 atom stereocenters. The predicted molar refractivity (Wildman–Crippen MR) is 72.2 cm³/mol. The Morgan fingerprint density at radius 3 is 2.62 bits per heavy atom. The first-order valence-corrected chi connectivity index (χ1v) is 6.82. The Hall–Kier alpha value is -0.670. The molecule has 88 valence electrons. The monoisotopic (exact) mass is 236 g/mol.